The Bertz CT molecular complexity index is 1370. The van der Waals surface area contributed by atoms with Crippen molar-refractivity contribution in [2.24, 2.45) is 0 Å². The van der Waals surface area contributed by atoms with E-state index in [0.717, 1.165) is 11.6 Å². The fourth-order valence-electron chi connectivity index (χ4n) is 3.74. The zero-order chi connectivity index (χ0) is 23.5. The first-order chi connectivity index (χ1) is 15.8. The van der Waals surface area contributed by atoms with E-state index in [0.29, 0.717) is 5.56 Å². The number of hydrogen-bond donors (Lipinski definition) is 3. The summed E-state index contributed by atoms with van der Waals surface area (Å²) in [7, 11) is 0. The van der Waals surface area contributed by atoms with E-state index in [9.17, 15) is 29.3 Å². The number of carboxylic acids is 1. The molecule has 0 aliphatic rings. The smallest absolute Gasteiger partial charge is 0.204 e. The number of carbonyl (C=O) groups excluding carboxylic acids is 1. The van der Waals surface area contributed by atoms with Crippen LogP contribution in [0.4, 0.5) is 4.39 Å². The zero-order valence-electron chi connectivity index (χ0n) is 17.3. The highest BCUT2D eigenvalue weighted by molar-refractivity contribution is 5.90. The van der Waals surface area contributed by atoms with Crippen molar-refractivity contribution in [2.45, 2.75) is 19.0 Å². The summed E-state index contributed by atoms with van der Waals surface area (Å²) in [6.07, 6.45) is 1.36. The third-order valence-electron chi connectivity index (χ3n) is 5.47. The van der Waals surface area contributed by atoms with Crippen LogP contribution in [-0.4, -0.2) is 22.2 Å². The van der Waals surface area contributed by atoms with Gasteiger partial charge in [0.15, 0.2) is 5.58 Å². The minimum atomic E-state index is -1.28. The second-order valence-electron chi connectivity index (χ2n) is 7.64. The Morgan fingerprint density at radius 2 is 1.76 bits per heavy atom. The molecule has 7 nitrogen and oxygen atoms in total. The third kappa shape index (κ3) is 4.56. The van der Waals surface area contributed by atoms with Gasteiger partial charge in [-0.1, -0.05) is 42.5 Å². The molecule has 1 atom stereocenters. The number of halogens is 1. The molecule has 168 valence electrons. The standard InChI is InChI=1S/C25H20FNO6/c26-16-8-6-15(7-9-16)18-13-33-24-17(20(28)11-21(29)22(24)23(18)30)12-27-19(25(31)32)10-14-4-2-1-3-5-14/h1-9,11,13,19,27-29H,10,12H2,(H,31,32)/t19-/m1/s1. The molecule has 4 N–H and O–H groups in total. The van der Waals surface area contributed by atoms with Crippen LogP contribution in [0.15, 0.2) is 76.1 Å². The summed E-state index contributed by atoms with van der Waals surface area (Å²) >= 11 is 0. The Balaban J connectivity index is 1.70. The van der Waals surface area contributed by atoms with Gasteiger partial charge >= 0.3 is 0 Å². The second-order valence-corrected chi connectivity index (χ2v) is 7.64. The number of carboxylic acid groups (broad SMARTS) is 1. The Morgan fingerprint density at radius 1 is 1.06 bits per heavy atom. The highest BCUT2D eigenvalue weighted by Gasteiger charge is 2.22. The van der Waals surface area contributed by atoms with Crippen molar-refractivity contribution in [3.8, 4) is 22.6 Å². The number of aromatic hydroxyl groups is 2. The van der Waals surface area contributed by atoms with E-state index in [1.807, 2.05) is 6.07 Å². The molecule has 1 aromatic heterocycles. The quantitative estimate of drug-likeness (QED) is 0.392. The van der Waals surface area contributed by atoms with Crippen molar-refractivity contribution in [1.82, 2.24) is 0 Å². The minimum Gasteiger partial charge on any atom is -0.544 e. The van der Waals surface area contributed by atoms with Crippen LogP contribution in [0.25, 0.3) is 22.1 Å². The molecule has 0 spiro atoms. The normalized spacial score (nSPS) is 12.0. The maximum Gasteiger partial charge on any atom is 0.204 e. The highest BCUT2D eigenvalue weighted by atomic mass is 19.1. The van der Waals surface area contributed by atoms with E-state index >= 15 is 0 Å². The topological polar surface area (TPSA) is 127 Å². The van der Waals surface area contributed by atoms with Crippen molar-refractivity contribution < 1.29 is 34.2 Å². The molecular formula is C25H20FNO6. The van der Waals surface area contributed by atoms with Crippen molar-refractivity contribution in [3.63, 3.8) is 0 Å². The van der Waals surface area contributed by atoms with E-state index in [4.69, 9.17) is 4.42 Å². The zero-order valence-corrected chi connectivity index (χ0v) is 17.3. The van der Waals surface area contributed by atoms with Crippen LogP contribution >= 0.6 is 0 Å². The van der Waals surface area contributed by atoms with E-state index in [-0.39, 0.29) is 40.8 Å². The summed E-state index contributed by atoms with van der Waals surface area (Å²) in [5.74, 6) is -2.57. The first-order valence-electron chi connectivity index (χ1n) is 10.2. The van der Waals surface area contributed by atoms with Gasteiger partial charge in [-0.2, -0.15) is 0 Å². The molecule has 0 fully saturated rings. The molecule has 33 heavy (non-hydrogen) atoms. The maximum absolute atomic E-state index is 13.2. The number of fused-ring (bicyclic) bond motifs is 1. The van der Waals surface area contributed by atoms with Crippen molar-refractivity contribution in [2.75, 3.05) is 0 Å². The van der Waals surface area contributed by atoms with Crippen molar-refractivity contribution >= 4 is 16.9 Å². The highest BCUT2D eigenvalue weighted by Crippen LogP contribution is 2.34. The van der Waals surface area contributed by atoms with Crippen LogP contribution in [0, 0.1) is 5.82 Å². The average Bonchev–Trinajstić information content (AvgIpc) is 2.79. The Kier molecular flexibility index (Phi) is 6.10. The van der Waals surface area contributed by atoms with Crippen molar-refractivity contribution in [1.29, 1.82) is 0 Å². The van der Waals surface area contributed by atoms with Crippen LogP contribution in [0.5, 0.6) is 11.5 Å². The SMILES string of the molecule is O=C([O-])[C@@H](Cc1ccccc1)[NH2+]Cc1c(O)cc(O)c2c(=O)c(-c3ccc(F)cc3)coc12. The van der Waals surface area contributed by atoms with E-state index in [1.165, 1.54) is 35.8 Å². The Labute approximate surface area is 187 Å². The average molecular weight is 449 g/mol. The van der Waals surface area contributed by atoms with Gasteiger partial charge in [-0.25, -0.2) is 4.39 Å². The summed E-state index contributed by atoms with van der Waals surface area (Å²) in [5, 5.41) is 33.7. The number of phenolic OH excluding ortho intramolecular Hbond substituents is 2. The third-order valence-corrected chi connectivity index (χ3v) is 5.47. The molecule has 0 saturated carbocycles. The first-order valence-corrected chi connectivity index (χ1v) is 10.2. The number of phenols is 2. The van der Waals surface area contributed by atoms with E-state index < -0.39 is 29.0 Å². The number of rotatable bonds is 7. The Morgan fingerprint density at radius 3 is 2.42 bits per heavy atom. The molecule has 0 aliphatic heterocycles. The van der Waals surface area contributed by atoms with Crippen LogP contribution in [0.2, 0.25) is 0 Å². The Hall–Kier alpha value is -4.17. The van der Waals surface area contributed by atoms with Gasteiger partial charge in [-0.05, 0) is 23.3 Å². The molecule has 4 rings (SSSR count). The van der Waals surface area contributed by atoms with E-state index in [1.54, 1.807) is 24.3 Å². The summed E-state index contributed by atoms with van der Waals surface area (Å²) in [6.45, 7) is -0.0487. The molecule has 8 heteroatoms. The summed E-state index contributed by atoms with van der Waals surface area (Å²) in [4.78, 5) is 24.7. The molecule has 0 unspecified atom stereocenters. The fraction of sp³-hybridized carbons (Fsp3) is 0.120. The fourth-order valence-corrected chi connectivity index (χ4v) is 3.74. The van der Waals surface area contributed by atoms with Crippen molar-refractivity contribution in [3.05, 3.63) is 94.1 Å². The minimum absolute atomic E-state index is 0.0487. The molecule has 4 aromatic rings. The number of quaternary nitrogens is 1. The molecule has 0 radical (unpaired) electrons. The van der Waals surface area contributed by atoms with Gasteiger partial charge in [-0.15, -0.1) is 0 Å². The molecule has 0 aliphatic carbocycles. The number of benzene rings is 3. The predicted molar refractivity (Wildman–Crippen MR) is 116 cm³/mol. The van der Waals surface area contributed by atoms with Crippen LogP contribution in [0.1, 0.15) is 11.1 Å². The van der Waals surface area contributed by atoms with Crippen LogP contribution < -0.4 is 15.9 Å². The first kappa shape index (κ1) is 22.0. The molecule has 3 aromatic carbocycles. The lowest BCUT2D eigenvalue weighted by atomic mass is 10.0. The van der Waals surface area contributed by atoms with Gasteiger partial charge < -0.3 is 29.8 Å². The number of carbonyl (C=O) groups is 1. The lowest BCUT2D eigenvalue weighted by molar-refractivity contribution is -0.698. The number of aliphatic carboxylic acids is 1. The van der Waals surface area contributed by atoms with Gasteiger partial charge in [-0.3, -0.25) is 4.79 Å². The molecule has 1 heterocycles. The summed E-state index contributed by atoms with van der Waals surface area (Å²) < 4.78 is 18.9. The van der Waals surface area contributed by atoms with Gasteiger partial charge in [0.1, 0.15) is 41.6 Å². The second kappa shape index (κ2) is 9.13. The van der Waals surface area contributed by atoms with E-state index in [2.05, 4.69) is 0 Å². The molecule has 0 amide bonds. The molecular weight excluding hydrogens is 429 g/mol. The lowest BCUT2D eigenvalue weighted by Crippen LogP contribution is -2.92. The van der Waals surface area contributed by atoms with Gasteiger partial charge in [0.25, 0.3) is 0 Å². The van der Waals surface area contributed by atoms with Crippen LogP contribution in [-0.2, 0) is 17.8 Å². The van der Waals surface area contributed by atoms with Gasteiger partial charge in [0.05, 0.1) is 17.1 Å². The lowest BCUT2D eigenvalue weighted by Gasteiger charge is -2.18. The molecule has 0 bridgehead atoms. The van der Waals surface area contributed by atoms with Gasteiger partial charge in [0, 0.05) is 12.5 Å². The number of hydrogen-bond acceptors (Lipinski definition) is 6. The monoisotopic (exact) mass is 449 g/mol. The van der Waals surface area contributed by atoms with Gasteiger partial charge in [0.2, 0.25) is 5.43 Å². The maximum atomic E-state index is 13.2. The summed E-state index contributed by atoms with van der Waals surface area (Å²) in [5.41, 5.74) is 0.837. The number of nitrogens with two attached hydrogens (primary N) is 1. The van der Waals surface area contributed by atoms with Crippen LogP contribution in [0.3, 0.4) is 0 Å². The predicted octanol–water partition coefficient (Wildman–Crippen LogP) is 1.43. The largest absolute Gasteiger partial charge is 0.544 e. The molecule has 0 saturated heterocycles. The summed E-state index contributed by atoms with van der Waals surface area (Å²) in [6, 6.07) is 14.3.